The Morgan fingerprint density at radius 1 is 1.10 bits per heavy atom. The number of rotatable bonds is 5. The van der Waals surface area contributed by atoms with E-state index in [1.807, 2.05) is 26.0 Å². The quantitative estimate of drug-likeness (QED) is 0.457. The van der Waals surface area contributed by atoms with Crippen LogP contribution in [0.2, 0.25) is 0 Å². The fourth-order valence-corrected chi connectivity index (χ4v) is 4.39. The van der Waals surface area contributed by atoms with E-state index in [1.165, 1.54) is 17.4 Å². The standard InChI is InChI=1S/C24H23N3O3S/c1-13(2)9-21-26-27-24(31-21)25-23(29)17-7-5-16(6-8-17)20-12-19(28)18-11-14(3)10-15(4)22(18)30-20/h5-8,10-13H,9H2,1-4H3,(H,25,27,29). The van der Waals surface area contributed by atoms with E-state index in [9.17, 15) is 9.59 Å². The largest absolute Gasteiger partial charge is 0.456 e. The summed E-state index contributed by atoms with van der Waals surface area (Å²) in [6.45, 7) is 8.11. The molecular formula is C24H23N3O3S. The highest BCUT2D eigenvalue weighted by Gasteiger charge is 2.13. The molecule has 31 heavy (non-hydrogen) atoms. The highest BCUT2D eigenvalue weighted by atomic mass is 32.1. The number of hydrogen-bond donors (Lipinski definition) is 1. The van der Waals surface area contributed by atoms with Crippen LogP contribution >= 0.6 is 11.3 Å². The third-order valence-corrected chi connectivity index (χ3v) is 5.72. The van der Waals surface area contributed by atoms with Gasteiger partial charge in [0, 0.05) is 23.6 Å². The zero-order chi connectivity index (χ0) is 22.1. The fraction of sp³-hybridized carbons (Fsp3) is 0.250. The molecule has 0 saturated heterocycles. The molecule has 0 radical (unpaired) electrons. The molecular weight excluding hydrogens is 410 g/mol. The van der Waals surface area contributed by atoms with Crippen LogP contribution in [0, 0.1) is 19.8 Å². The molecule has 0 saturated carbocycles. The Morgan fingerprint density at radius 3 is 2.55 bits per heavy atom. The SMILES string of the molecule is Cc1cc(C)c2oc(-c3ccc(C(=O)Nc4nnc(CC(C)C)s4)cc3)cc(=O)c2c1. The number of amides is 1. The Balaban J connectivity index is 1.56. The summed E-state index contributed by atoms with van der Waals surface area (Å²) in [5, 5.41) is 12.9. The van der Waals surface area contributed by atoms with Crippen molar-refractivity contribution >= 4 is 33.3 Å². The lowest BCUT2D eigenvalue weighted by Gasteiger charge is -2.07. The number of aromatic nitrogens is 2. The maximum Gasteiger partial charge on any atom is 0.257 e. The predicted octanol–water partition coefficient (Wildman–Crippen LogP) is 5.38. The van der Waals surface area contributed by atoms with Crippen LogP contribution in [0.4, 0.5) is 5.13 Å². The zero-order valence-electron chi connectivity index (χ0n) is 17.9. The number of hydrogen-bond acceptors (Lipinski definition) is 6. The van der Waals surface area contributed by atoms with E-state index in [0.29, 0.717) is 33.3 Å². The summed E-state index contributed by atoms with van der Waals surface area (Å²) in [4.78, 5) is 25.1. The van der Waals surface area contributed by atoms with Crippen LogP contribution < -0.4 is 10.7 Å². The van der Waals surface area contributed by atoms with Gasteiger partial charge in [-0.15, -0.1) is 10.2 Å². The van der Waals surface area contributed by atoms with Crippen LogP contribution in [0.15, 0.2) is 51.7 Å². The van der Waals surface area contributed by atoms with Crippen molar-refractivity contribution < 1.29 is 9.21 Å². The maximum absolute atomic E-state index is 12.6. The van der Waals surface area contributed by atoms with Crippen LogP contribution in [0.5, 0.6) is 0 Å². The number of carbonyl (C=O) groups excluding carboxylic acids is 1. The van der Waals surface area contributed by atoms with Crippen LogP contribution in [0.3, 0.4) is 0 Å². The van der Waals surface area contributed by atoms with Gasteiger partial charge in [-0.3, -0.25) is 14.9 Å². The molecule has 2 aromatic heterocycles. The molecule has 7 heteroatoms. The molecule has 0 bridgehead atoms. The third kappa shape index (κ3) is 4.56. The summed E-state index contributed by atoms with van der Waals surface area (Å²) < 4.78 is 6.03. The number of aryl methyl sites for hydroxylation is 2. The molecule has 0 spiro atoms. The number of anilines is 1. The molecule has 1 amide bonds. The Bertz CT molecular complexity index is 1320. The van der Waals surface area contributed by atoms with Gasteiger partial charge < -0.3 is 4.42 Å². The lowest BCUT2D eigenvalue weighted by atomic mass is 10.1. The van der Waals surface area contributed by atoms with Gasteiger partial charge in [0.05, 0.1) is 5.39 Å². The van der Waals surface area contributed by atoms with Crippen molar-refractivity contribution in [1.82, 2.24) is 10.2 Å². The smallest absolute Gasteiger partial charge is 0.257 e. The minimum atomic E-state index is -0.259. The third-order valence-electron chi connectivity index (χ3n) is 4.86. The van der Waals surface area contributed by atoms with Crippen molar-refractivity contribution in [1.29, 1.82) is 0 Å². The topological polar surface area (TPSA) is 85.1 Å². The second-order valence-corrected chi connectivity index (χ2v) is 9.13. The minimum Gasteiger partial charge on any atom is -0.456 e. The number of fused-ring (bicyclic) bond motifs is 1. The zero-order valence-corrected chi connectivity index (χ0v) is 18.7. The lowest BCUT2D eigenvalue weighted by molar-refractivity contribution is 0.102. The first-order valence-electron chi connectivity index (χ1n) is 10.1. The van der Waals surface area contributed by atoms with Gasteiger partial charge in [0.15, 0.2) is 5.43 Å². The van der Waals surface area contributed by atoms with Crippen LogP contribution in [0.1, 0.15) is 40.3 Å². The minimum absolute atomic E-state index is 0.0849. The maximum atomic E-state index is 12.6. The average Bonchev–Trinajstić information content (AvgIpc) is 3.14. The van der Waals surface area contributed by atoms with E-state index < -0.39 is 0 Å². The summed E-state index contributed by atoms with van der Waals surface area (Å²) >= 11 is 1.39. The number of nitrogens with one attached hydrogen (secondary N) is 1. The number of benzene rings is 2. The van der Waals surface area contributed by atoms with Gasteiger partial charge in [-0.1, -0.05) is 43.4 Å². The molecule has 2 aromatic carbocycles. The molecule has 6 nitrogen and oxygen atoms in total. The second-order valence-electron chi connectivity index (χ2n) is 8.06. The van der Waals surface area contributed by atoms with Crippen molar-refractivity contribution in [3.05, 3.63) is 74.4 Å². The molecule has 0 aliphatic rings. The van der Waals surface area contributed by atoms with Gasteiger partial charge in [0.25, 0.3) is 5.91 Å². The number of nitrogens with zero attached hydrogens (tertiary/aromatic N) is 2. The van der Waals surface area contributed by atoms with Crippen LogP contribution in [-0.2, 0) is 6.42 Å². The van der Waals surface area contributed by atoms with E-state index in [1.54, 1.807) is 24.3 Å². The van der Waals surface area contributed by atoms with Crippen LogP contribution in [0.25, 0.3) is 22.3 Å². The molecule has 1 N–H and O–H groups in total. The summed E-state index contributed by atoms with van der Waals surface area (Å²) in [6, 6.07) is 12.3. The molecule has 0 aliphatic heterocycles. The summed E-state index contributed by atoms with van der Waals surface area (Å²) in [6.07, 6.45) is 0.832. The summed E-state index contributed by atoms with van der Waals surface area (Å²) in [5.41, 5.74) is 3.65. The monoisotopic (exact) mass is 433 g/mol. The molecule has 0 fully saturated rings. The lowest BCUT2D eigenvalue weighted by Crippen LogP contribution is -2.11. The van der Waals surface area contributed by atoms with Crippen molar-refractivity contribution in [2.24, 2.45) is 5.92 Å². The van der Waals surface area contributed by atoms with Gasteiger partial charge in [0.1, 0.15) is 16.4 Å². The molecule has 0 atom stereocenters. The summed E-state index contributed by atoms with van der Waals surface area (Å²) in [5.74, 6) is 0.691. The predicted molar refractivity (Wildman–Crippen MR) is 124 cm³/mol. The highest BCUT2D eigenvalue weighted by Crippen LogP contribution is 2.26. The molecule has 4 aromatic rings. The van der Waals surface area contributed by atoms with Crippen molar-refractivity contribution in [2.45, 2.75) is 34.1 Å². The van der Waals surface area contributed by atoms with Gasteiger partial charge >= 0.3 is 0 Å². The van der Waals surface area contributed by atoms with E-state index in [0.717, 1.165) is 28.1 Å². The fourth-order valence-electron chi connectivity index (χ4n) is 3.44. The first-order valence-corrected chi connectivity index (χ1v) is 10.9. The van der Waals surface area contributed by atoms with E-state index >= 15 is 0 Å². The highest BCUT2D eigenvalue weighted by molar-refractivity contribution is 7.15. The average molecular weight is 434 g/mol. The van der Waals surface area contributed by atoms with Gasteiger partial charge in [-0.2, -0.15) is 0 Å². The summed E-state index contributed by atoms with van der Waals surface area (Å²) in [7, 11) is 0. The molecule has 0 unspecified atom stereocenters. The Kier molecular flexibility index (Phi) is 5.69. The van der Waals surface area contributed by atoms with Crippen molar-refractivity contribution in [2.75, 3.05) is 5.32 Å². The second kappa shape index (κ2) is 8.43. The van der Waals surface area contributed by atoms with Gasteiger partial charge in [-0.25, -0.2) is 0 Å². The first-order chi connectivity index (χ1) is 14.8. The van der Waals surface area contributed by atoms with E-state index in [-0.39, 0.29) is 11.3 Å². The Labute approximate surface area is 184 Å². The van der Waals surface area contributed by atoms with E-state index in [4.69, 9.17) is 4.42 Å². The number of carbonyl (C=O) groups is 1. The van der Waals surface area contributed by atoms with Crippen LogP contribution in [-0.4, -0.2) is 16.1 Å². The molecule has 2 heterocycles. The Hall–Kier alpha value is -3.32. The molecule has 158 valence electrons. The molecule has 0 aliphatic carbocycles. The van der Waals surface area contributed by atoms with E-state index in [2.05, 4.69) is 29.4 Å². The normalized spacial score (nSPS) is 11.3. The van der Waals surface area contributed by atoms with Gasteiger partial charge in [-0.05, 0) is 49.1 Å². The van der Waals surface area contributed by atoms with Crippen molar-refractivity contribution in [3.63, 3.8) is 0 Å². The van der Waals surface area contributed by atoms with Gasteiger partial charge in [0.2, 0.25) is 5.13 Å². The first kappa shape index (κ1) is 20.9. The van der Waals surface area contributed by atoms with Crippen molar-refractivity contribution in [3.8, 4) is 11.3 Å². The molecule has 4 rings (SSSR count). The Morgan fingerprint density at radius 2 is 1.84 bits per heavy atom.